The molecule has 32 heavy (non-hydrogen) atoms. The lowest BCUT2D eigenvalue weighted by Gasteiger charge is -2.14. The first kappa shape index (κ1) is 23.3. The van der Waals surface area contributed by atoms with Crippen LogP contribution >= 0.6 is 0 Å². The summed E-state index contributed by atoms with van der Waals surface area (Å²) in [6.07, 6.45) is 0.810. The molecule has 0 aromatic heterocycles. The summed E-state index contributed by atoms with van der Waals surface area (Å²) >= 11 is 0. The third-order valence-corrected chi connectivity index (χ3v) is 6.53. The van der Waals surface area contributed by atoms with Crippen LogP contribution in [0.1, 0.15) is 29.2 Å². The van der Waals surface area contributed by atoms with Gasteiger partial charge < -0.3 is 10.1 Å². The Morgan fingerprint density at radius 2 is 1.66 bits per heavy atom. The van der Waals surface area contributed by atoms with E-state index in [4.69, 9.17) is 4.74 Å². The predicted octanol–water partition coefficient (Wildman–Crippen LogP) is 4.99. The van der Waals surface area contributed by atoms with Crippen molar-refractivity contribution in [2.45, 2.75) is 39.0 Å². The molecule has 168 valence electrons. The van der Waals surface area contributed by atoms with E-state index in [1.54, 1.807) is 6.07 Å². The number of para-hydroxylation sites is 1. The summed E-state index contributed by atoms with van der Waals surface area (Å²) in [7, 11) is -3.74. The van der Waals surface area contributed by atoms with Gasteiger partial charge in [-0.15, -0.1) is 0 Å². The third-order valence-electron chi connectivity index (χ3n) is 5.15. The molecule has 0 saturated carbocycles. The number of hydrogen-bond acceptors (Lipinski definition) is 4. The second-order valence-electron chi connectivity index (χ2n) is 7.69. The van der Waals surface area contributed by atoms with Crippen molar-refractivity contribution in [3.8, 4) is 5.75 Å². The fourth-order valence-corrected chi connectivity index (χ4v) is 4.41. The number of benzene rings is 3. The summed E-state index contributed by atoms with van der Waals surface area (Å²) in [6.45, 7) is 7.55. The molecule has 0 aliphatic carbocycles. The number of aryl methyl sites for hydroxylation is 4. The van der Waals surface area contributed by atoms with Gasteiger partial charge in [-0.05, 0) is 79.8 Å². The number of sulfonamides is 1. The van der Waals surface area contributed by atoms with Crippen molar-refractivity contribution in [2.24, 2.45) is 0 Å². The second kappa shape index (κ2) is 9.87. The Bertz CT molecular complexity index is 1220. The summed E-state index contributed by atoms with van der Waals surface area (Å²) in [5, 5.41) is 2.90. The molecule has 0 heterocycles. The molecule has 0 spiro atoms. The Morgan fingerprint density at radius 3 is 2.34 bits per heavy atom. The molecule has 3 aromatic rings. The maximum Gasteiger partial charge on any atom is 0.262 e. The van der Waals surface area contributed by atoms with E-state index in [1.165, 1.54) is 24.3 Å². The van der Waals surface area contributed by atoms with Gasteiger partial charge in [-0.2, -0.15) is 0 Å². The Hall–Kier alpha value is -3.32. The molecule has 0 aliphatic heterocycles. The van der Waals surface area contributed by atoms with E-state index < -0.39 is 10.0 Å². The zero-order chi connectivity index (χ0) is 23.3. The van der Waals surface area contributed by atoms with Crippen LogP contribution in [-0.2, 0) is 21.2 Å². The van der Waals surface area contributed by atoms with Gasteiger partial charge in [0.2, 0.25) is 0 Å². The summed E-state index contributed by atoms with van der Waals surface area (Å²) < 4.78 is 33.6. The SMILES string of the molecule is CCc1cccc(C)c1NC(=O)COc1ccc(S(=O)(=O)Nc2cc(C)ccc2C)cc1. The van der Waals surface area contributed by atoms with Gasteiger partial charge in [0.1, 0.15) is 5.75 Å². The molecule has 2 N–H and O–H groups in total. The third kappa shape index (κ3) is 5.68. The first-order valence-corrected chi connectivity index (χ1v) is 11.9. The van der Waals surface area contributed by atoms with Gasteiger partial charge in [-0.25, -0.2) is 8.42 Å². The number of hydrogen-bond donors (Lipinski definition) is 2. The van der Waals surface area contributed by atoms with Gasteiger partial charge in [0.15, 0.2) is 6.61 Å². The number of nitrogens with one attached hydrogen (secondary N) is 2. The summed E-state index contributed by atoms with van der Waals surface area (Å²) in [4.78, 5) is 12.5. The fraction of sp³-hybridized carbons (Fsp3) is 0.240. The van der Waals surface area contributed by atoms with Crippen molar-refractivity contribution in [3.05, 3.63) is 82.9 Å². The Labute approximate surface area is 189 Å². The van der Waals surface area contributed by atoms with Gasteiger partial charge in [-0.3, -0.25) is 9.52 Å². The molecular weight excluding hydrogens is 424 g/mol. The van der Waals surface area contributed by atoms with Gasteiger partial charge in [0.25, 0.3) is 15.9 Å². The van der Waals surface area contributed by atoms with Crippen LogP contribution in [0.5, 0.6) is 5.75 Å². The molecule has 0 atom stereocenters. The maximum absolute atomic E-state index is 12.7. The van der Waals surface area contributed by atoms with Crippen LogP contribution in [0.25, 0.3) is 0 Å². The smallest absolute Gasteiger partial charge is 0.262 e. The molecule has 0 fully saturated rings. The van der Waals surface area contributed by atoms with Gasteiger partial charge in [0, 0.05) is 5.69 Å². The van der Waals surface area contributed by atoms with Gasteiger partial charge in [0.05, 0.1) is 10.6 Å². The van der Waals surface area contributed by atoms with Crippen LogP contribution in [-0.4, -0.2) is 20.9 Å². The van der Waals surface area contributed by atoms with E-state index >= 15 is 0 Å². The van der Waals surface area contributed by atoms with Gasteiger partial charge >= 0.3 is 0 Å². The number of rotatable bonds is 8. The minimum Gasteiger partial charge on any atom is -0.484 e. The number of amides is 1. The van der Waals surface area contributed by atoms with E-state index in [1.807, 2.05) is 58.0 Å². The first-order chi connectivity index (χ1) is 15.2. The number of carbonyl (C=O) groups excluding carboxylic acids is 1. The Kier molecular flexibility index (Phi) is 7.20. The van der Waals surface area contributed by atoms with Crippen molar-refractivity contribution in [3.63, 3.8) is 0 Å². The lowest BCUT2D eigenvalue weighted by molar-refractivity contribution is -0.118. The lowest BCUT2D eigenvalue weighted by atomic mass is 10.1. The largest absolute Gasteiger partial charge is 0.484 e. The number of anilines is 2. The van der Waals surface area contributed by atoms with Crippen LogP contribution in [0.3, 0.4) is 0 Å². The monoisotopic (exact) mass is 452 g/mol. The van der Waals surface area contributed by atoms with E-state index in [0.717, 1.165) is 34.4 Å². The van der Waals surface area contributed by atoms with Crippen LogP contribution < -0.4 is 14.8 Å². The zero-order valence-corrected chi connectivity index (χ0v) is 19.5. The van der Waals surface area contributed by atoms with Crippen LogP contribution in [0.15, 0.2) is 65.6 Å². The Balaban J connectivity index is 1.63. The standard InChI is InChI=1S/C25H28N2O4S/c1-5-20-8-6-7-19(4)25(20)26-24(28)16-31-21-11-13-22(14-12-21)32(29,30)27-23-15-17(2)9-10-18(23)3/h6-15,27H,5,16H2,1-4H3,(H,26,28). The van der Waals surface area contributed by atoms with E-state index in [9.17, 15) is 13.2 Å². The highest BCUT2D eigenvalue weighted by Gasteiger charge is 2.16. The number of carbonyl (C=O) groups is 1. The first-order valence-electron chi connectivity index (χ1n) is 10.4. The molecule has 0 saturated heterocycles. The van der Waals surface area contributed by atoms with Crippen molar-refractivity contribution >= 4 is 27.3 Å². The summed E-state index contributed by atoms with van der Waals surface area (Å²) in [5.41, 5.74) is 5.21. The molecule has 0 radical (unpaired) electrons. The fourth-order valence-electron chi connectivity index (χ4n) is 3.29. The van der Waals surface area contributed by atoms with E-state index in [2.05, 4.69) is 10.0 Å². The van der Waals surface area contributed by atoms with Crippen molar-refractivity contribution in [1.82, 2.24) is 0 Å². The van der Waals surface area contributed by atoms with Crippen LogP contribution in [0.4, 0.5) is 11.4 Å². The van der Waals surface area contributed by atoms with E-state index in [-0.39, 0.29) is 17.4 Å². The van der Waals surface area contributed by atoms with Gasteiger partial charge in [-0.1, -0.05) is 37.3 Å². The molecule has 3 rings (SSSR count). The highest BCUT2D eigenvalue weighted by molar-refractivity contribution is 7.92. The van der Waals surface area contributed by atoms with Crippen LogP contribution in [0.2, 0.25) is 0 Å². The quantitative estimate of drug-likeness (QED) is 0.504. The van der Waals surface area contributed by atoms with Crippen molar-refractivity contribution < 1.29 is 17.9 Å². The topological polar surface area (TPSA) is 84.5 Å². The van der Waals surface area contributed by atoms with Crippen molar-refractivity contribution in [2.75, 3.05) is 16.6 Å². The molecule has 7 heteroatoms. The zero-order valence-electron chi connectivity index (χ0n) is 18.7. The average Bonchev–Trinajstić information content (AvgIpc) is 2.76. The van der Waals surface area contributed by atoms with Crippen LogP contribution in [0, 0.1) is 20.8 Å². The second-order valence-corrected chi connectivity index (χ2v) is 9.38. The maximum atomic E-state index is 12.7. The summed E-state index contributed by atoms with van der Waals surface area (Å²) in [5.74, 6) is 0.133. The molecule has 3 aromatic carbocycles. The normalized spacial score (nSPS) is 11.1. The summed E-state index contributed by atoms with van der Waals surface area (Å²) in [6, 6.07) is 17.5. The minimum atomic E-state index is -3.74. The lowest BCUT2D eigenvalue weighted by Crippen LogP contribution is -2.21. The van der Waals surface area contributed by atoms with Crippen molar-refractivity contribution in [1.29, 1.82) is 0 Å². The molecule has 1 amide bonds. The highest BCUT2D eigenvalue weighted by atomic mass is 32.2. The highest BCUT2D eigenvalue weighted by Crippen LogP contribution is 2.23. The predicted molar refractivity (Wildman–Crippen MR) is 128 cm³/mol. The molecule has 0 bridgehead atoms. The van der Waals surface area contributed by atoms with E-state index in [0.29, 0.717) is 11.4 Å². The average molecular weight is 453 g/mol. The number of ether oxygens (including phenoxy) is 1. The Morgan fingerprint density at radius 1 is 0.938 bits per heavy atom. The minimum absolute atomic E-state index is 0.114. The molecular formula is C25H28N2O4S. The molecule has 0 aliphatic rings. The molecule has 0 unspecified atom stereocenters. The molecule has 6 nitrogen and oxygen atoms in total.